The molecule has 0 unspecified atom stereocenters. The second-order valence-corrected chi connectivity index (χ2v) is 14.3. The topological polar surface area (TPSA) is 284 Å². The highest BCUT2D eigenvalue weighted by molar-refractivity contribution is 5.96. The first kappa shape index (κ1) is 47.6. The van der Waals surface area contributed by atoms with Crippen molar-refractivity contribution in [3.8, 4) is 0 Å². The monoisotopic (exact) mass is 805 g/mol. The molecule has 0 aromatic heterocycles. The smallest absolute Gasteiger partial charge is 0.330 e. The molecular weight excluding hydrogens is 750 g/mol. The number of rotatable bonds is 23. The van der Waals surface area contributed by atoms with Gasteiger partial charge in [0, 0.05) is 25.8 Å². The Labute approximate surface area is 330 Å². The maximum atomic E-state index is 14.3. The van der Waals surface area contributed by atoms with Gasteiger partial charge in [-0.15, -0.1) is 0 Å². The van der Waals surface area contributed by atoms with E-state index in [4.69, 9.17) is 9.47 Å². The summed E-state index contributed by atoms with van der Waals surface area (Å²) in [6.07, 6.45) is -3.30. The Morgan fingerprint density at radius 2 is 1.42 bits per heavy atom. The molecule has 57 heavy (non-hydrogen) atoms. The summed E-state index contributed by atoms with van der Waals surface area (Å²) in [4.78, 5) is 116. The summed E-state index contributed by atoms with van der Waals surface area (Å²) in [5.74, 6) is -11.3. The Morgan fingerprint density at radius 3 is 1.95 bits per heavy atom. The fourth-order valence-corrected chi connectivity index (χ4v) is 6.06. The van der Waals surface area contributed by atoms with Crippen LogP contribution >= 0.6 is 0 Å². The van der Waals surface area contributed by atoms with Crippen molar-refractivity contribution in [1.29, 1.82) is 0 Å². The van der Waals surface area contributed by atoms with Crippen LogP contribution in [0.25, 0.3) is 0 Å². The van der Waals surface area contributed by atoms with Crippen LogP contribution in [0.15, 0.2) is 30.3 Å². The number of hydrogen-bond donors (Lipinski definition) is 7. The van der Waals surface area contributed by atoms with Crippen molar-refractivity contribution in [1.82, 2.24) is 26.2 Å². The number of esters is 1. The molecular formula is C38H55N5O14. The van der Waals surface area contributed by atoms with E-state index in [2.05, 4.69) is 21.3 Å². The van der Waals surface area contributed by atoms with Crippen molar-refractivity contribution in [2.75, 3.05) is 6.54 Å². The van der Waals surface area contributed by atoms with Crippen molar-refractivity contribution in [2.24, 2.45) is 11.8 Å². The largest absolute Gasteiger partial charge is 0.481 e. The van der Waals surface area contributed by atoms with Crippen LogP contribution in [0.2, 0.25) is 0 Å². The molecule has 0 aliphatic carbocycles. The first-order chi connectivity index (χ1) is 26.8. The summed E-state index contributed by atoms with van der Waals surface area (Å²) in [5, 5.41) is 37.7. The fraction of sp³-hybridized carbons (Fsp3) is 0.605. The van der Waals surface area contributed by atoms with Gasteiger partial charge in [0.25, 0.3) is 5.91 Å². The van der Waals surface area contributed by atoms with Crippen molar-refractivity contribution in [2.45, 2.75) is 129 Å². The predicted octanol–water partition coefficient (Wildman–Crippen LogP) is 0.580. The SMILES string of the molecule is CCC[C@@H](NC(=O)[C@H]1C[C@@H](OCc2ccccc2)CN1C(=O)[C@@H](NC(=O)[C@@H](OC(=O)[C@@H](CC(=O)O)NC(=O)[C@H](CC(=O)O)NC(C)=O)[C@H](C)CC)C(C)C)C(=O)O. The number of nitrogens with zero attached hydrogens (tertiary/aromatic N) is 1. The van der Waals surface area contributed by atoms with Crippen LogP contribution in [0.3, 0.4) is 0 Å². The van der Waals surface area contributed by atoms with E-state index in [1.807, 2.05) is 30.3 Å². The first-order valence-corrected chi connectivity index (χ1v) is 18.8. The second-order valence-electron chi connectivity index (χ2n) is 14.3. The molecule has 8 atom stereocenters. The number of carbonyl (C=O) groups excluding carboxylic acids is 6. The first-order valence-electron chi connectivity index (χ1n) is 18.8. The van der Waals surface area contributed by atoms with Gasteiger partial charge in [-0.25, -0.2) is 9.59 Å². The van der Waals surface area contributed by atoms with E-state index in [0.29, 0.717) is 6.42 Å². The van der Waals surface area contributed by atoms with Crippen molar-refractivity contribution in [3.05, 3.63) is 35.9 Å². The standard InChI is InChI=1S/C38H55N5O14/c1-7-12-25(37(53)54)40-34(50)28-15-24(56-19-23-13-10-9-11-14-23)18-43(28)36(52)31(20(3)4)42-35(51)32(21(5)8-2)57-38(55)27(17-30(47)48)41-33(49)26(16-29(45)46)39-22(6)44/h9-11,13-14,20-21,24-28,31-32H,7-8,12,15-19H2,1-6H3,(H,39,44)(H,40,50)(H,41,49)(H,42,51)(H,45,46)(H,47,48)(H,53,54)/t21-,24-,25-,26+,27-,28-,31+,32+/m1/s1. The molecule has 1 aliphatic rings. The number of carboxylic acids is 3. The van der Waals surface area contributed by atoms with Gasteiger partial charge in [0.15, 0.2) is 6.10 Å². The second kappa shape index (κ2) is 22.8. The van der Waals surface area contributed by atoms with E-state index in [1.54, 1.807) is 34.6 Å². The molecule has 1 aromatic carbocycles. The predicted molar refractivity (Wildman–Crippen MR) is 200 cm³/mol. The van der Waals surface area contributed by atoms with Gasteiger partial charge in [-0.1, -0.05) is 71.4 Å². The zero-order valence-corrected chi connectivity index (χ0v) is 33.0. The molecule has 2 rings (SSSR count). The van der Waals surface area contributed by atoms with Crippen LogP contribution in [-0.2, 0) is 59.2 Å². The molecule has 316 valence electrons. The van der Waals surface area contributed by atoms with Crippen LogP contribution in [-0.4, -0.2) is 123 Å². The molecule has 1 aliphatic heterocycles. The number of hydrogen-bond acceptors (Lipinski definition) is 11. The molecule has 19 heteroatoms. The third-order valence-electron chi connectivity index (χ3n) is 9.31. The lowest BCUT2D eigenvalue weighted by atomic mass is 9.98. The van der Waals surface area contributed by atoms with E-state index >= 15 is 0 Å². The summed E-state index contributed by atoms with van der Waals surface area (Å²) >= 11 is 0. The minimum Gasteiger partial charge on any atom is -0.481 e. The van der Waals surface area contributed by atoms with Crippen molar-refractivity contribution >= 4 is 53.4 Å². The number of nitrogens with one attached hydrogen (secondary N) is 4. The Balaban J connectivity index is 2.38. The molecule has 1 heterocycles. The number of aliphatic carboxylic acids is 3. The van der Waals surface area contributed by atoms with Crippen LogP contribution in [0.5, 0.6) is 0 Å². The molecule has 19 nitrogen and oxygen atoms in total. The van der Waals surface area contributed by atoms with E-state index < -0.39 is 121 Å². The van der Waals surface area contributed by atoms with Crippen LogP contribution in [0.1, 0.15) is 85.6 Å². The minimum atomic E-state index is -1.92. The summed E-state index contributed by atoms with van der Waals surface area (Å²) in [6, 6.07) is 1.91. The average molecular weight is 806 g/mol. The normalized spacial score (nSPS) is 18.2. The molecule has 0 saturated carbocycles. The maximum Gasteiger partial charge on any atom is 0.330 e. The highest BCUT2D eigenvalue weighted by atomic mass is 16.6. The van der Waals surface area contributed by atoms with E-state index in [-0.39, 0.29) is 32.4 Å². The molecule has 5 amide bonds. The molecule has 7 N–H and O–H groups in total. The van der Waals surface area contributed by atoms with Gasteiger partial charge in [0.2, 0.25) is 23.6 Å². The van der Waals surface area contributed by atoms with E-state index in [0.717, 1.165) is 12.5 Å². The van der Waals surface area contributed by atoms with Gasteiger partial charge in [0.05, 0.1) is 25.6 Å². The fourth-order valence-electron chi connectivity index (χ4n) is 6.06. The van der Waals surface area contributed by atoms with Crippen LogP contribution in [0, 0.1) is 11.8 Å². The zero-order chi connectivity index (χ0) is 43.0. The number of amides is 5. The maximum absolute atomic E-state index is 14.3. The van der Waals surface area contributed by atoms with Crippen LogP contribution in [0.4, 0.5) is 0 Å². The third kappa shape index (κ3) is 15.1. The van der Waals surface area contributed by atoms with Gasteiger partial charge < -0.3 is 51.0 Å². The van der Waals surface area contributed by atoms with Crippen LogP contribution < -0.4 is 21.3 Å². The Morgan fingerprint density at radius 1 is 0.807 bits per heavy atom. The quantitative estimate of drug-likeness (QED) is 0.0746. The molecule has 1 fully saturated rings. The Kier molecular flexibility index (Phi) is 19.1. The van der Waals surface area contributed by atoms with Gasteiger partial charge in [0.1, 0.15) is 30.2 Å². The number of carbonyl (C=O) groups is 9. The summed E-state index contributed by atoms with van der Waals surface area (Å²) < 4.78 is 11.6. The van der Waals surface area contributed by atoms with Crippen molar-refractivity contribution in [3.63, 3.8) is 0 Å². The van der Waals surface area contributed by atoms with E-state index in [1.165, 1.54) is 4.90 Å². The lowest BCUT2D eigenvalue weighted by molar-refractivity contribution is -0.164. The lowest BCUT2D eigenvalue weighted by Gasteiger charge is -2.32. The summed E-state index contributed by atoms with van der Waals surface area (Å²) in [6.45, 7) is 9.36. The van der Waals surface area contributed by atoms with Gasteiger partial charge in [-0.2, -0.15) is 0 Å². The lowest BCUT2D eigenvalue weighted by Crippen LogP contribution is -2.58. The Hall–Kier alpha value is -5.59. The molecule has 0 spiro atoms. The molecule has 0 bridgehead atoms. The highest BCUT2D eigenvalue weighted by Crippen LogP contribution is 2.25. The number of carboxylic acid groups (broad SMARTS) is 3. The van der Waals surface area contributed by atoms with E-state index in [9.17, 15) is 58.5 Å². The molecule has 1 saturated heterocycles. The zero-order valence-electron chi connectivity index (χ0n) is 33.0. The van der Waals surface area contributed by atoms with Gasteiger partial charge in [-0.3, -0.25) is 33.6 Å². The summed E-state index contributed by atoms with van der Waals surface area (Å²) in [7, 11) is 0. The highest BCUT2D eigenvalue weighted by Gasteiger charge is 2.45. The summed E-state index contributed by atoms with van der Waals surface area (Å²) in [5.41, 5.74) is 0.841. The van der Waals surface area contributed by atoms with Gasteiger partial charge >= 0.3 is 23.9 Å². The number of benzene rings is 1. The molecule has 0 radical (unpaired) electrons. The minimum absolute atomic E-state index is 0.0285. The van der Waals surface area contributed by atoms with Crippen molar-refractivity contribution < 1.29 is 67.9 Å². The number of likely N-dealkylation sites (tertiary alicyclic amines) is 1. The third-order valence-corrected chi connectivity index (χ3v) is 9.31. The Bertz CT molecular complexity index is 1590. The van der Waals surface area contributed by atoms with Gasteiger partial charge in [-0.05, 0) is 24.3 Å². The number of ether oxygens (including phenoxy) is 2. The molecule has 1 aromatic rings. The average Bonchev–Trinajstić information content (AvgIpc) is 3.58.